The van der Waals surface area contributed by atoms with Crippen LogP contribution in [-0.4, -0.2) is 23.9 Å². The van der Waals surface area contributed by atoms with Gasteiger partial charge in [-0.25, -0.2) is 9.18 Å². The molecule has 4 nitrogen and oxygen atoms in total. The van der Waals surface area contributed by atoms with E-state index in [4.69, 9.17) is 4.42 Å². The molecule has 0 N–H and O–H groups in total. The summed E-state index contributed by atoms with van der Waals surface area (Å²) in [5.41, 5.74) is -0.597. The van der Waals surface area contributed by atoms with Gasteiger partial charge in [0.05, 0.1) is 5.39 Å². The summed E-state index contributed by atoms with van der Waals surface area (Å²) in [5.74, 6) is 0.454. The van der Waals surface area contributed by atoms with Gasteiger partial charge in [0.15, 0.2) is 5.76 Å². The summed E-state index contributed by atoms with van der Waals surface area (Å²) in [4.78, 5) is 26.3. The molecule has 1 aromatic carbocycles. The number of benzene rings is 1. The van der Waals surface area contributed by atoms with Crippen LogP contribution in [0.3, 0.4) is 0 Å². The van der Waals surface area contributed by atoms with Crippen LogP contribution in [0, 0.1) is 17.7 Å². The van der Waals surface area contributed by atoms with Gasteiger partial charge in [0.1, 0.15) is 5.82 Å². The molecular formula is C17H16FNO3. The summed E-state index contributed by atoms with van der Waals surface area (Å²) in [6, 6.07) is 5.31. The van der Waals surface area contributed by atoms with E-state index < -0.39 is 11.4 Å². The van der Waals surface area contributed by atoms with E-state index in [-0.39, 0.29) is 17.1 Å². The number of carbonyl (C=O) groups excluding carboxylic acids is 1. The Bertz CT molecular complexity index is 801. The lowest BCUT2D eigenvalue weighted by Crippen LogP contribution is -2.30. The van der Waals surface area contributed by atoms with E-state index in [1.807, 2.05) is 0 Å². The monoisotopic (exact) mass is 301 g/mol. The van der Waals surface area contributed by atoms with Gasteiger partial charge in [-0.3, -0.25) is 4.79 Å². The molecule has 1 aromatic heterocycles. The minimum atomic E-state index is -0.597. The van der Waals surface area contributed by atoms with Crippen LogP contribution < -0.4 is 5.63 Å². The predicted molar refractivity (Wildman–Crippen MR) is 79.2 cm³/mol. The van der Waals surface area contributed by atoms with Crippen LogP contribution in [0.1, 0.15) is 29.8 Å². The fraction of sp³-hybridized carbons (Fsp3) is 0.412. The Morgan fingerprint density at radius 3 is 2.64 bits per heavy atom. The molecule has 1 saturated heterocycles. The van der Waals surface area contributed by atoms with Crippen molar-refractivity contribution in [3.63, 3.8) is 0 Å². The lowest BCUT2D eigenvalue weighted by Gasteiger charge is -2.16. The van der Waals surface area contributed by atoms with E-state index in [2.05, 4.69) is 0 Å². The summed E-state index contributed by atoms with van der Waals surface area (Å²) >= 11 is 0. The van der Waals surface area contributed by atoms with Crippen LogP contribution in [0.4, 0.5) is 4.39 Å². The molecule has 2 unspecified atom stereocenters. The first kappa shape index (κ1) is 13.5. The average Bonchev–Trinajstić information content (AvgIpc) is 3.07. The average molecular weight is 301 g/mol. The van der Waals surface area contributed by atoms with E-state index in [9.17, 15) is 14.0 Å². The maximum atomic E-state index is 13.3. The van der Waals surface area contributed by atoms with Crippen molar-refractivity contribution in [3.05, 3.63) is 46.3 Å². The number of amides is 1. The highest BCUT2D eigenvalue weighted by Gasteiger charge is 2.38. The minimum absolute atomic E-state index is 0.00285. The molecule has 2 fully saturated rings. The fourth-order valence-corrected chi connectivity index (χ4v) is 3.83. The van der Waals surface area contributed by atoms with Gasteiger partial charge in [-0.05, 0) is 54.3 Å². The Balaban J connectivity index is 1.69. The molecule has 2 atom stereocenters. The lowest BCUT2D eigenvalue weighted by atomic mass is 10.0. The molecule has 2 aliphatic rings. The molecule has 1 aliphatic carbocycles. The third-order valence-corrected chi connectivity index (χ3v) is 4.95. The van der Waals surface area contributed by atoms with Gasteiger partial charge in [0.25, 0.3) is 5.91 Å². The van der Waals surface area contributed by atoms with Gasteiger partial charge >= 0.3 is 5.63 Å². The Labute approximate surface area is 126 Å². The minimum Gasteiger partial charge on any atom is -0.417 e. The van der Waals surface area contributed by atoms with Crippen LogP contribution >= 0.6 is 0 Å². The molecule has 2 heterocycles. The zero-order chi connectivity index (χ0) is 15.3. The third-order valence-electron chi connectivity index (χ3n) is 4.95. The Kier molecular flexibility index (Phi) is 3.03. The van der Waals surface area contributed by atoms with Crippen molar-refractivity contribution >= 4 is 16.7 Å². The largest absolute Gasteiger partial charge is 0.417 e. The molecular weight excluding hydrogens is 285 g/mol. The van der Waals surface area contributed by atoms with E-state index >= 15 is 0 Å². The van der Waals surface area contributed by atoms with E-state index in [0.29, 0.717) is 17.2 Å². The van der Waals surface area contributed by atoms with Crippen molar-refractivity contribution < 1.29 is 13.6 Å². The number of carbonyl (C=O) groups is 1. The van der Waals surface area contributed by atoms with Crippen molar-refractivity contribution in [3.8, 4) is 0 Å². The summed E-state index contributed by atoms with van der Waals surface area (Å²) in [7, 11) is 0. The molecule has 0 radical (unpaired) electrons. The number of fused-ring (bicyclic) bond motifs is 2. The van der Waals surface area contributed by atoms with Crippen LogP contribution in [0.15, 0.2) is 33.5 Å². The molecule has 0 bridgehead atoms. The van der Waals surface area contributed by atoms with Crippen molar-refractivity contribution in [2.45, 2.75) is 19.3 Å². The molecule has 1 saturated carbocycles. The second kappa shape index (κ2) is 4.93. The Morgan fingerprint density at radius 2 is 1.91 bits per heavy atom. The molecule has 5 heteroatoms. The smallest absolute Gasteiger partial charge is 0.344 e. The SMILES string of the molecule is O=C(c1cc2cc(F)ccc2c(=O)o1)N1CC2CCCC2C1. The number of rotatable bonds is 1. The van der Waals surface area contributed by atoms with Crippen LogP contribution in [0.2, 0.25) is 0 Å². The standard InChI is InChI=1S/C17H16FNO3/c18-13-4-5-14-12(6-13)7-15(22-17(14)21)16(20)19-8-10-2-1-3-11(10)9-19/h4-7,10-11H,1-3,8-9H2. The maximum Gasteiger partial charge on any atom is 0.344 e. The molecule has 1 amide bonds. The van der Waals surface area contributed by atoms with Gasteiger partial charge in [0, 0.05) is 13.1 Å². The second-order valence-corrected chi connectivity index (χ2v) is 6.29. The highest BCUT2D eigenvalue weighted by atomic mass is 19.1. The molecule has 22 heavy (non-hydrogen) atoms. The first-order chi connectivity index (χ1) is 10.6. The summed E-state index contributed by atoms with van der Waals surface area (Å²) in [5, 5.41) is 0.690. The van der Waals surface area contributed by atoms with Crippen molar-refractivity contribution in [2.75, 3.05) is 13.1 Å². The fourth-order valence-electron chi connectivity index (χ4n) is 3.83. The number of halogens is 1. The molecule has 2 aromatic rings. The summed E-state index contributed by atoms with van der Waals surface area (Å²) < 4.78 is 18.5. The van der Waals surface area contributed by atoms with Gasteiger partial charge in [-0.1, -0.05) is 6.42 Å². The maximum absolute atomic E-state index is 13.3. The first-order valence-electron chi connectivity index (χ1n) is 7.64. The highest BCUT2D eigenvalue weighted by Crippen LogP contribution is 2.38. The van der Waals surface area contributed by atoms with Gasteiger partial charge in [-0.2, -0.15) is 0 Å². The van der Waals surface area contributed by atoms with Crippen LogP contribution in [0.5, 0.6) is 0 Å². The first-order valence-corrected chi connectivity index (χ1v) is 7.64. The topological polar surface area (TPSA) is 50.5 Å². The highest BCUT2D eigenvalue weighted by molar-refractivity contribution is 5.95. The number of hydrogen-bond donors (Lipinski definition) is 0. The molecule has 114 valence electrons. The predicted octanol–water partition coefficient (Wildman–Crippen LogP) is 2.80. The van der Waals surface area contributed by atoms with E-state index in [1.54, 1.807) is 4.90 Å². The quantitative estimate of drug-likeness (QED) is 0.814. The lowest BCUT2D eigenvalue weighted by molar-refractivity contribution is 0.0744. The van der Waals surface area contributed by atoms with Crippen LogP contribution in [0.25, 0.3) is 10.8 Å². The third kappa shape index (κ3) is 2.12. The Morgan fingerprint density at radius 1 is 1.18 bits per heavy atom. The normalized spacial score (nSPS) is 24.0. The van der Waals surface area contributed by atoms with Gasteiger partial charge < -0.3 is 9.32 Å². The van der Waals surface area contributed by atoms with Crippen LogP contribution in [-0.2, 0) is 0 Å². The number of nitrogens with zero attached hydrogens (tertiary/aromatic N) is 1. The second-order valence-electron chi connectivity index (χ2n) is 6.29. The number of likely N-dealkylation sites (tertiary alicyclic amines) is 1. The van der Waals surface area contributed by atoms with E-state index in [0.717, 1.165) is 13.1 Å². The zero-order valence-electron chi connectivity index (χ0n) is 12.0. The van der Waals surface area contributed by atoms with Crippen molar-refractivity contribution in [2.24, 2.45) is 11.8 Å². The molecule has 0 spiro atoms. The molecule has 4 rings (SSSR count). The summed E-state index contributed by atoms with van der Waals surface area (Å²) in [6.45, 7) is 1.46. The Hall–Kier alpha value is -2.17. The van der Waals surface area contributed by atoms with Gasteiger partial charge in [0.2, 0.25) is 0 Å². The zero-order valence-corrected chi connectivity index (χ0v) is 12.0. The van der Waals surface area contributed by atoms with Crippen molar-refractivity contribution in [1.82, 2.24) is 4.90 Å². The number of hydrogen-bond acceptors (Lipinski definition) is 3. The molecule has 1 aliphatic heterocycles. The summed E-state index contributed by atoms with van der Waals surface area (Å²) in [6.07, 6.45) is 3.57. The van der Waals surface area contributed by atoms with Crippen molar-refractivity contribution in [1.29, 1.82) is 0 Å². The van der Waals surface area contributed by atoms with Gasteiger partial charge in [-0.15, -0.1) is 0 Å². The van der Waals surface area contributed by atoms with E-state index in [1.165, 1.54) is 43.5 Å².